The SMILES string of the molecule is CC(C)N1CCC(Nc2nc(-c3cccs3)nc3ccccc23)C1. The molecule has 1 aromatic carbocycles. The van der Waals surface area contributed by atoms with E-state index in [-0.39, 0.29) is 0 Å². The van der Waals surface area contributed by atoms with Gasteiger partial charge in [-0.05, 0) is 43.8 Å². The maximum atomic E-state index is 4.85. The van der Waals surface area contributed by atoms with Crippen molar-refractivity contribution >= 4 is 28.1 Å². The van der Waals surface area contributed by atoms with Crippen molar-refractivity contribution in [1.82, 2.24) is 14.9 Å². The van der Waals surface area contributed by atoms with Gasteiger partial charge in [-0.1, -0.05) is 18.2 Å². The molecule has 1 aliphatic rings. The Kier molecular flexibility index (Phi) is 4.21. The fourth-order valence-corrected chi connectivity index (χ4v) is 3.93. The molecular formula is C19H22N4S. The molecule has 0 spiro atoms. The molecule has 3 heterocycles. The number of hydrogen-bond acceptors (Lipinski definition) is 5. The Morgan fingerprint density at radius 3 is 2.79 bits per heavy atom. The minimum atomic E-state index is 0.446. The number of thiophene rings is 1. The summed E-state index contributed by atoms with van der Waals surface area (Å²) in [5.74, 6) is 1.77. The Bertz CT molecular complexity index is 829. The van der Waals surface area contributed by atoms with Crippen molar-refractivity contribution < 1.29 is 0 Å². The van der Waals surface area contributed by atoms with Crippen LogP contribution in [0, 0.1) is 0 Å². The van der Waals surface area contributed by atoms with Gasteiger partial charge < -0.3 is 5.32 Å². The normalized spacial score (nSPS) is 18.5. The number of nitrogens with one attached hydrogen (secondary N) is 1. The summed E-state index contributed by atoms with van der Waals surface area (Å²) < 4.78 is 0. The highest BCUT2D eigenvalue weighted by Gasteiger charge is 2.25. The van der Waals surface area contributed by atoms with Crippen LogP contribution in [0.2, 0.25) is 0 Å². The lowest BCUT2D eigenvalue weighted by Gasteiger charge is -2.21. The van der Waals surface area contributed by atoms with Crippen LogP contribution in [0.3, 0.4) is 0 Å². The summed E-state index contributed by atoms with van der Waals surface area (Å²) in [5, 5.41) is 6.85. The monoisotopic (exact) mass is 338 g/mol. The van der Waals surface area contributed by atoms with Crippen LogP contribution >= 0.6 is 11.3 Å². The summed E-state index contributed by atoms with van der Waals surface area (Å²) in [6, 6.07) is 13.4. The van der Waals surface area contributed by atoms with Crippen molar-refractivity contribution in [3.05, 3.63) is 41.8 Å². The largest absolute Gasteiger partial charge is 0.365 e. The van der Waals surface area contributed by atoms with E-state index < -0.39 is 0 Å². The third-order valence-corrected chi connectivity index (χ3v) is 5.50. The van der Waals surface area contributed by atoms with Crippen LogP contribution in [-0.2, 0) is 0 Å². The molecule has 0 saturated carbocycles. The van der Waals surface area contributed by atoms with Crippen molar-refractivity contribution in [1.29, 1.82) is 0 Å². The highest BCUT2D eigenvalue weighted by Crippen LogP contribution is 2.28. The molecule has 4 nitrogen and oxygen atoms in total. The molecule has 3 aromatic rings. The zero-order valence-corrected chi connectivity index (χ0v) is 14.9. The highest BCUT2D eigenvalue weighted by molar-refractivity contribution is 7.13. The van der Waals surface area contributed by atoms with Crippen molar-refractivity contribution in [3.63, 3.8) is 0 Å². The number of fused-ring (bicyclic) bond motifs is 1. The summed E-state index contributed by atoms with van der Waals surface area (Å²) in [6.45, 7) is 6.75. The molecule has 2 aromatic heterocycles. The zero-order valence-electron chi connectivity index (χ0n) is 14.1. The van der Waals surface area contributed by atoms with Crippen LogP contribution in [0.15, 0.2) is 41.8 Å². The van der Waals surface area contributed by atoms with Gasteiger partial charge in [0.25, 0.3) is 0 Å². The quantitative estimate of drug-likeness (QED) is 0.772. The van der Waals surface area contributed by atoms with E-state index in [1.165, 1.54) is 0 Å². The summed E-state index contributed by atoms with van der Waals surface area (Å²) in [6.07, 6.45) is 1.16. The third-order valence-electron chi connectivity index (χ3n) is 4.64. The number of anilines is 1. The molecule has 1 atom stereocenters. The van der Waals surface area contributed by atoms with Gasteiger partial charge >= 0.3 is 0 Å². The Hall–Kier alpha value is -1.98. The van der Waals surface area contributed by atoms with Gasteiger partial charge in [-0.3, -0.25) is 4.90 Å². The van der Waals surface area contributed by atoms with Crippen molar-refractivity contribution in [2.45, 2.75) is 32.4 Å². The predicted octanol–water partition coefficient (Wildman–Crippen LogP) is 4.25. The minimum absolute atomic E-state index is 0.446. The van der Waals surface area contributed by atoms with Gasteiger partial charge in [0.05, 0.1) is 10.4 Å². The van der Waals surface area contributed by atoms with E-state index in [1.807, 2.05) is 12.1 Å². The first-order chi connectivity index (χ1) is 11.7. The second kappa shape index (κ2) is 6.49. The lowest BCUT2D eigenvalue weighted by atomic mass is 10.2. The average molecular weight is 338 g/mol. The van der Waals surface area contributed by atoms with Gasteiger partial charge in [0.2, 0.25) is 0 Å². The lowest BCUT2D eigenvalue weighted by molar-refractivity contribution is 0.274. The number of benzene rings is 1. The maximum absolute atomic E-state index is 4.85. The average Bonchev–Trinajstić information content (AvgIpc) is 3.26. The number of likely N-dealkylation sites (tertiary alicyclic amines) is 1. The first-order valence-electron chi connectivity index (χ1n) is 8.52. The molecule has 1 aliphatic heterocycles. The highest BCUT2D eigenvalue weighted by atomic mass is 32.1. The molecule has 0 aliphatic carbocycles. The molecule has 0 bridgehead atoms. The fraction of sp³-hybridized carbons (Fsp3) is 0.368. The van der Waals surface area contributed by atoms with E-state index in [2.05, 4.69) is 53.7 Å². The van der Waals surface area contributed by atoms with E-state index >= 15 is 0 Å². The molecule has 1 N–H and O–H groups in total. The molecule has 4 rings (SSSR count). The predicted molar refractivity (Wildman–Crippen MR) is 102 cm³/mol. The molecule has 1 fully saturated rings. The van der Waals surface area contributed by atoms with Crippen LogP contribution in [0.4, 0.5) is 5.82 Å². The second-order valence-corrected chi connectivity index (χ2v) is 7.56. The molecular weight excluding hydrogens is 316 g/mol. The van der Waals surface area contributed by atoms with Crippen LogP contribution in [0.1, 0.15) is 20.3 Å². The molecule has 1 unspecified atom stereocenters. The summed E-state index contributed by atoms with van der Waals surface area (Å²) >= 11 is 1.68. The molecule has 24 heavy (non-hydrogen) atoms. The van der Waals surface area contributed by atoms with E-state index in [1.54, 1.807) is 11.3 Å². The molecule has 0 radical (unpaired) electrons. The lowest BCUT2D eigenvalue weighted by Crippen LogP contribution is -2.31. The number of hydrogen-bond donors (Lipinski definition) is 1. The van der Waals surface area contributed by atoms with Crippen LogP contribution in [-0.4, -0.2) is 40.0 Å². The Morgan fingerprint density at radius 1 is 1.17 bits per heavy atom. The van der Waals surface area contributed by atoms with Gasteiger partial charge in [0.15, 0.2) is 5.82 Å². The number of rotatable bonds is 4. The molecule has 1 saturated heterocycles. The maximum Gasteiger partial charge on any atom is 0.172 e. The van der Waals surface area contributed by atoms with Gasteiger partial charge in [-0.2, -0.15) is 0 Å². The van der Waals surface area contributed by atoms with Crippen molar-refractivity contribution in [2.24, 2.45) is 0 Å². The van der Waals surface area contributed by atoms with Crippen LogP contribution in [0.5, 0.6) is 0 Å². The van der Waals surface area contributed by atoms with Gasteiger partial charge in [0, 0.05) is 30.6 Å². The molecule has 5 heteroatoms. The first kappa shape index (κ1) is 15.5. The third kappa shape index (κ3) is 3.01. The van der Waals surface area contributed by atoms with Gasteiger partial charge in [-0.15, -0.1) is 11.3 Å². The number of nitrogens with zero attached hydrogens (tertiary/aromatic N) is 3. The van der Waals surface area contributed by atoms with Crippen molar-refractivity contribution in [2.75, 3.05) is 18.4 Å². The zero-order chi connectivity index (χ0) is 16.5. The summed E-state index contributed by atoms with van der Waals surface area (Å²) in [7, 11) is 0. The first-order valence-corrected chi connectivity index (χ1v) is 9.40. The smallest absolute Gasteiger partial charge is 0.172 e. The standard InChI is InChI=1S/C19H22N4S/c1-13(2)23-10-9-14(12-23)20-18-15-6-3-4-7-16(15)21-19(22-18)17-8-5-11-24-17/h3-8,11,13-14H,9-10,12H2,1-2H3,(H,20,21,22). The van der Waals surface area contributed by atoms with Crippen LogP contribution in [0.25, 0.3) is 21.6 Å². The van der Waals surface area contributed by atoms with Gasteiger partial charge in [-0.25, -0.2) is 9.97 Å². The van der Waals surface area contributed by atoms with E-state index in [4.69, 9.17) is 9.97 Å². The number of para-hydroxylation sites is 1. The minimum Gasteiger partial charge on any atom is -0.365 e. The fourth-order valence-electron chi connectivity index (χ4n) is 3.27. The van der Waals surface area contributed by atoms with Gasteiger partial charge in [0.1, 0.15) is 5.82 Å². The van der Waals surface area contributed by atoms with E-state index in [0.29, 0.717) is 12.1 Å². The second-order valence-electron chi connectivity index (χ2n) is 6.61. The summed E-state index contributed by atoms with van der Waals surface area (Å²) in [5.41, 5.74) is 0.997. The van der Waals surface area contributed by atoms with E-state index in [9.17, 15) is 0 Å². The molecule has 124 valence electrons. The van der Waals surface area contributed by atoms with Crippen molar-refractivity contribution in [3.8, 4) is 10.7 Å². The Morgan fingerprint density at radius 2 is 2.04 bits per heavy atom. The Labute approximate surface area is 146 Å². The van der Waals surface area contributed by atoms with E-state index in [0.717, 1.165) is 46.9 Å². The Balaban J connectivity index is 1.69. The number of aromatic nitrogens is 2. The van der Waals surface area contributed by atoms with Crippen LogP contribution < -0.4 is 5.32 Å². The molecule has 0 amide bonds. The topological polar surface area (TPSA) is 41.0 Å². The summed E-state index contributed by atoms with van der Waals surface area (Å²) in [4.78, 5) is 13.2.